The van der Waals surface area contributed by atoms with Crippen molar-refractivity contribution >= 4 is 11.6 Å². The van der Waals surface area contributed by atoms with Crippen molar-refractivity contribution in [1.82, 2.24) is 0 Å². The Morgan fingerprint density at radius 3 is 2.59 bits per heavy atom. The van der Waals surface area contributed by atoms with E-state index in [4.69, 9.17) is 16.3 Å². The van der Waals surface area contributed by atoms with E-state index in [9.17, 15) is 0 Å². The standard InChI is InChI=1S/C20H29ClO/c1-4-8-20(9-11-22-12-10-20)15-16(3)13-18-14-19(21)7-6-17(18)5-2/h6-7,14H,3-5,8-13,15H2,1-2H3. The summed E-state index contributed by atoms with van der Waals surface area (Å²) in [5.74, 6) is 0. The molecule has 0 spiro atoms. The highest BCUT2D eigenvalue weighted by molar-refractivity contribution is 6.30. The van der Waals surface area contributed by atoms with Crippen molar-refractivity contribution in [3.8, 4) is 0 Å². The number of allylic oxidation sites excluding steroid dienone is 1. The van der Waals surface area contributed by atoms with Crippen LogP contribution in [0.5, 0.6) is 0 Å². The summed E-state index contributed by atoms with van der Waals surface area (Å²) >= 11 is 6.18. The summed E-state index contributed by atoms with van der Waals surface area (Å²) in [5.41, 5.74) is 4.49. The number of ether oxygens (including phenoxy) is 1. The number of hydrogen-bond acceptors (Lipinski definition) is 1. The zero-order chi connectivity index (χ0) is 16.0. The van der Waals surface area contributed by atoms with Gasteiger partial charge >= 0.3 is 0 Å². The zero-order valence-electron chi connectivity index (χ0n) is 14.1. The van der Waals surface area contributed by atoms with Crippen LogP contribution in [0, 0.1) is 5.41 Å². The monoisotopic (exact) mass is 320 g/mol. The average molecular weight is 321 g/mol. The predicted molar refractivity (Wildman–Crippen MR) is 95.7 cm³/mol. The highest BCUT2D eigenvalue weighted by Gasteiger charge is 2.32. The molecule has 1 aromatic rings. The van der Waals surface area contributed by atoms with Crippen LogP contribution in [0.1, 0.15) is 57.1 Å². The molecule has 122 valence electrons. The molecule has 1 fully saturated rings. The largest absolute Gasteiger partial charge is 0.381 e. The maximum Gasteiger partial charge on any atom is 0.0471 e. The second kappa shape index (κ2) is 8.17. The van der Waals surface area contributed by atoms with Gasteiger partial charge in [0.15, 0.2) is 0 Å². The first kappa shape index (κ1) is 17.6. The van der Waals surface area contributed by atoms with E-state index in [0.717, 1.165) is 37.5 Å². The molecule has 22 heavy (non-hydrogen) atoms. The molecule has 1 saturated heterocycles. The molecule has 1 heterocycles. The summed E-state index contributed by atoms with van der Waals surface area (Å²) in [6.45, 7) is 10.7. The van der Waals surface area contributed by atoms with Crippen LogP contribution in [-0.4, -0.2) is 13.2 Å². The lowest BCUT2D eigenvalue weighted by Crippen LogP contribution is -2.30. The first-order valence-electron chi connectivity index (χ1n) is 8.60. The molecule has 2 rings (SSSR count). The van der Waals surface area contributed by atoms with Crippen LogP contribution >= 0.6 is 11.6 Å². The Hall–Kier alpha value is -0.790. The van der Waals surface area contributed by atoms with Gasteiger partial charge in [0.25, 0.3) is 0 Å². The molecule has 1 aliphatic heterocycles. The zero-order valence-corrected chi connectivity index (χ0v) is 14.8. The Balaban J connectivity index is 2.06. The third-order valence-corrected chi connectivity index (χ3v) is 5.18. The Bertz CT molecular complexity index is 495. The molecule has 0 bridgehead atoms. The van der Waals surface area contributed by atoms with Crippen molar-refractivity contribution in [3.63, 3.8) is 0 Å². The number of benzene rings is 1. The van der Waals surface area contributed by atoms with Gasteiger partial charge in [0.1, 0.15) is 0 Å². The SMILES string of the molecule is C=C(Cc1cc(Cl)ccc1CC)CC1(CCC)CCOCC1. The quantitative estimate of drug-likeness (QED) is 0.561. The van der Waals surface area contributed by atoms with Gasteiger partial charge in [0, 0.05) is 18.2 Å². The van der Waals surface area contributed by atoms with Gasteiger partial charge in [-0.2, -0.15) is 0 Å². The molecular formula is C20H29ClO. The molecule has 0 aromatic heterocycles. The van der Waals surface area contributed by atoms with E-state index >= 15 is 0 Å². The Labute approximate surface area is 140 Å². The van der Waals surface area contributed by atoms with E-state index < -0.39 is 0 Å². The van der Waals surface area contributed by atoms with Gasteiger partial charge in [-0.25, -0.2) is 0 Å². The summed E-state index contributed by atoms with van der Waals surface area (Å²) in [4.78, 5) is 0. The van der Waals surface area contributed by atoms with Crippen molar-refractivity contribution in [3.05, 3.63) is 46.5 Å². The molecule has 0 radical (unpaired) electrons. The topological polar surface area (TPSA) is 9.23 Å². The van der Waals surface area contributed by atoms with E-state index in [0.29, 0.717) is 5.41 Å². The summed E-state index contributed by atoms with van der Waals surface area (Å²) < 4.78 is 5.58. The average Bonchev–Trinajstić information content (AvgIpc) is 2.48. The molecule has 1 aliphatic rings. The molecule has 0 unspecified atom stereocenters. The van der Waals surface area contributed by atoms with Gasteiger partial charge < -0.3 is 4.74 Å². The van der Waals surface area contributed by atoms with Crippen molar-refractivity contribution in [2.24, 2.45) is 5.41 Å². The first-order valence-corrected chi connectivity index (χ1v) is 8.98. The van der Waals surface area contributed by atoms with Crippen LogP contribution in [0.3, 0.4) is 0 Å². The van der Waals surface area contributed by atoms with Crippen LogP contribution in [0.2, 0.25) is 5.02 Å². The highest BCUT2D eigenvalue weighted by atomic mass is 35.5. The first-order chi connectivity index (χ1) is 10.6. The van der Waals surface area contributed by atoms with E-state index in [1.807, 2.05) is 6.07 Å². The van der Waals surface area contributed by atoms with Crippen LogP contribution in [0.4, 0.5) is 0 Å². The second-order valence-electron chi connectivity index (χ2n) is 6.73. The van der Waals surface area contributed by atoms with Crippen LogP contribution in [-0.2, 0) is 17.6 Å². The van der Waals surface area contributed by atoms with Crippen molar-refractivity contribution in [1.29, 1.82) is 0 Å². The summed E-state index contributed by atoms with van der Waals surface area (Å²) in [6.07, 6.45) is 8.01. The van der Waals surface area contributed by atoms with Crippen LogP contribution in [0.25, 0.3) is 0 Å². The van der Waals surface area contributed by atoms with Crippen molar-refractivity contribution < 1.29 is 4.74 Å². The lowest BCUT2D eigenvalue weighted by molar-refractivity contribution is 0.00970. The summed E-state index contributed by atoms with van der Waals surface area (Å²) in [6, 6.07) is 6.26. The maximum atomic E-state index is 6.18. The maximum absolute atomic E-state index is 6.18. The number of halogens is 1. The van der Waals surface area contributed by atoms with E-state index in [1.165, 1.54) is 42.4 Å². The highest BCUT2D eigenvalue weighted by Crippen LogP contribution is 2.41. The summed E-state index contributed by atoms with van der Waals surface area (Å²) in [5, 5.41) is 0.828. The van der Waals surface area contributed by atoms with E-state index in [-0.39, 0.29) is 0 Å². The van der Waals surface area contributed by atoms with Crippen molar-refractivity contribution in [2.45, 2.75) is 58.8 Å². The fraction of sp³-hybridized carbons (Fsp3) is 0.600. The van der Waals surface area contributed by atoms with E-state index in [1.54, 1.807) is 0 Å². The Kier molecular flexibility index (Phi) is 6.52. The second-order valence-corrected chi connectivity index (χ2v) is 7.17. The van der Waals surface area contributed by atoms with Crippen LogP contribution in [0.15, 0.2) is 30.4 Å². The Morgan fingerprint density at radius 2 is 1.95 bits per heavy atom. The van der Waals surface area contributed by atoms with Gasteiger partial charge in [-0.15, -0.1) is 0 Å². The Morgan fingerprint density at radius 1 is 1.23 bits per heavy atom. The van der Waals surface area contributed by atoms with Gasteiger partial charge in [-0.3, -0.25) is 0 Å². The fourth-order valence-electron chi connectivity index (χ4n) is 3.82. The molecule has 0 amide bonds. The minimum Gasteiger partial charge on any atom is -0.381 e. The molecule has 1 aromatic carbocycles. The van der Waals surface area contributed by atoms with E-state index in [2.05, 4.69) is 32.6 Å². The fourth-order valence-corrected chi connectivity index (χ4v) is 4.01. The molecule has 0 N–H and O–H groups in total. The van der Waals surface area contributed by atoms with Gasteiger partial charge in [-0.05, 0) is 67.2 Å². The molecule has 0 atom stereocenters. The normalized spacial score (nSPS) is 17.4. The molecule has 0 aliphatic carbocycles. The minimum atomic E-state index is 0.412. The van der Waals surface area contributed by atoms with Crippen LogP contribution < -0.4 is 0 Å². The van der Waals surface area contributed by atoms with Gasteiger partial charge in [-0.1, -0.05) is 50.1 Å². The molecule has 1 nitrogen and oxygen atoms in total. The van der Waals surface area contributed by atoms with Crippen molar-refractivity contribution in [2.75, 3.05) is 13.2 Å². The lowest BCUT2D eigenvalue weighted by Gasteiger charge is -2.38. The number of aryl methyl sites for hydroxylation is 1. The molecule has 2 heteroatoms. The third kappa shape index (κ3) is 4.60. The number of hydrogen-bond donors (Lipinski definition) is 0. The summed E-state index contributed by atoms with van der Waals surface area (Å²) in [7, 11) is 0. The number of rotatable bonds is 7. The minimum absolute atomic E-state index is 0.412. The lowest BCUT2D eigenvalue weighted by atomic mass is 9.71. The smallest absolute Gasteiger partial charge is 0.0471 e. The van der Waals surface area contributed by atoms with Gasteiger partial charge in [0.2, 0.25) is 0 Å². The third-order valence-electron chi connectivity index (χ3n) is 4.95. The predicted octanol–water partition coefficient (Wildman–Crippen LogP) is 5.99. The molecular weight excluding hydrogens is 292 g/mol. The molecule has 0 saturated carbocycles. The van der Waals surface area contributed by atoms with Gasteiger partial charge in [0.05, 0.1) is 0 Å².